The van der Waals surface area contributed by atoms with Crippen molar-refractivity contribution >= 4 is 71.2 Å². The smallest absolute Gasteiger partial charge is 0.265 e. The van der Waals surface area contributed by atoms with Crippen molar-refractivity contribution in [1.82, 2.24) is 4.98 Å². The highest BCUT2D eigenvalue weighted by molar-refractivity contribution is 9.10. The molecule has 3 rings (SSSR count). The van der Waals surface area contributed by atoms with Gasteiger partial charge >= 0.3 is 0 Å². The zero-order valence-electron chi connectivity index (χ0n) is 9.31. The number of hydrogen-bond acceptors (Lipinski definition) is 4. The summed E-state index contributed by atoms with van der Waals surface area (Å²) in [6, 6.07) is 5.62. The van der Waals surface area contributed by atoms with Crippen molar-refractivity contribution in [3.63, 3.8) is 0 Å². The van der Waals surface area contributed by atoms with Gasteiger partial charge < -0.3 is 5.32 Å². The molecule has 1 N–H and O–H groups in total. The Balaban J connectivity index is 1.88. The largest absolute Gasteiger partial charge is 0.319 e. The van der Waals surface area contributed by atoms with E-state index in [2.05, 4.69) is 26.2 Å². The van der Waals surface area contributed by atoms with E-state index in [0.717, 1.165) is 13.9 Å². The molecule has 3 heterocycles. The summed E-state index contributed by atoms with van der Waals surface area (Å²) in [7, 11) is 0. The third-order valence-corrected chi connectivity index (χ3v) is 5.24. The van der Waals surface area contributed by atoms with Crippen molar-refractivity contribution in [1.29, 1.82) is 0 Å². The maximum atomic E-state index is 12.1. The first-order chi connectivity index (χ1) is 9.13. The van der Waals surface area contributed by atoms with Gasteiger partial charge in [0.15, 0.2) is 5.15 Å². The molecule has 3 nitrogen and oxygen atoms in total. The summed E-state index contributed by atoms with van der Waals surface area (Å²) in [6.45, 7) is 0. The van der Waals surface area contributed by atoms with Crippen molar-refractivity contribution in [2.24, 2.45) is 0 Å². The minimum absolute atomic E-state index is 0.171. The maximum absolute atomic E-state index is 12.1. The fourth-order valence-corrected chi connectivity index (χ4v) is 4.06. The lowest BCUT2D eigenvalue weighted by atomic mass is 10.4. The number of aromatic nitrogens is 1. The Morgan fingerprint density at radius 2 is 2.21 bits per heavy atom. The Morgan fingerprint density at radius 3 is 3.00 bits per heavy atom. The number of carbonyl (C=O) groups excluding carboxylic acids is 1. The number of hydrogen-bond donors (Lipinski definition) is 1. The van der Waals surface area contributed by atoms with Crippen LogP contribution in [0.5, 0.6) is 0 Å². The molecule has 0 aromatic carbocycles. The Morgan fingerprint density at radius 1 is 1.37 bits per heavy atom. The van der Waals surface area contributed by atoms with Gasteiger partial charge in [-0.25, -0.2) is 4.98 Å². The van der Waals surface area contributed by atoms with Gasteiger partial charge in [0.05, 0.1) is 10.6 Å². The van der Waals surface area contributed by atoms with Crippen LogP contribution in [0.25, 0.3) is 9.40 Å². The average Bonchev–Trinajstić information content (AvgIpc) is 2.94. The highest BCUT2D eigenvalue weighted by Crippen LogP contribution is 2.31. The fourth-order valence-electron chi connectivity index (χ4n) is 1.57. The molecular formula is C12H6BrClN2OS2. The van der Waals surface area contributed by atoms with Crippen molar-refractivity contribution in [2.45, 2.75) is 0 Å². The highest BCUT2D eigenvalue weighted by atomic mass is 79.9. The summed E-state index contributed by atoms with van der Waals surface area (Å²) in [6.07, 6.45) is 1.58. The summed E-state index contributed by atoms with van der Waals surface area (Å²) in [4.78, 5) is 16.8. The molecule has 0 fully saturated rings. The van der Waals surface area contributed by atoms with Gasteiger partial charge in [0.25, 0.3) is 5.91 Å². The number of amides is 1. The molecule has 0 bridgehead atoms. The van der Waals surface area contributed by atoms with Crippen LogP contribution < -0.4 is 5.32 Å². The van der Waals surface area contributed by atoms with Gasteiger partial charge in [0, 0.05) is 20.1 Å². The molecule has 0 aliphatic heterocycles. The molecule has 0 saturated carbocycles. The zero-order valence-corrected chi connectivity index (χ0v) is 13.3. The Hall–Kier alpha value is -0.950. The number of nitrogens with zero attached hydrogens (tertiary/aromatic N) is 1. The van der Waals surface area contributed by atoms with Crippen LogP contribution in [-0.4, -0.2) is 10.9 Å². The maximum Gasteiger partial charge on any atom is 0.265 e. The monoisotopic (exact) mass is 372 g/mol. The second-order valence-corrected chi connectivity index (χ2v) is 7.01. The predicted octanol–water partition coefficient (Wildman–Crippen LogP) is 5.03. The van der Waals surface area contributed by atoms with E-state index in [1.165, 1.54) is 11.3 Å². The topological polar surface area (TPSA) is 42.0 Å². The van der Waals surface area contributed by atoms with Crippen LogP contribution in [0, 0.1) is 0 Å². The highest BCUT2D eigenvalue weighted by Gasteiger charge is 2.13. The molecule has 19 heavy (non-hydrogen) atoms. The molecule has 96 valence electrons. The molecule has 0 saturated heterocycles. The molecule has 0 aliphatic rings. The lowest BCUT2D eigenvalue weighted by Gasteiger charge is -2.05. The van der Waals surface area contributed by atoms with Crippen LogP contribution in [0.15, 0.2) is 34.2 Å². The van der Waals surface area contributed by atoms with E-state index in [1.807, 2.05) is 17.5 Å². The number of anilines is 1. The Kier molecular flexibility index (Phi) is 3.58. The minimum atomic E-state index is -0.171. The number of fused-ring (bicyclic) bond motifs is 1. The molecule has 0 atom stereocenters. The average molecular weight is 374 g/mol. The van der Waals surface area contributed by atoms with Crippen LogP contribution in [0.4, 0.5) is 5.69 Å². The Labute approximate surface area is 130 Å². The first kappa shape index (κ1) is 13.1. The van der Waals surface area contributed by atoms with E-state index < -0.39 is 0 Å². The van der Waals surface area contributed by atoms with Gasteiger partial charge in [-0.2, -0.15) is 0 Å². The number of nitrogens with one attached hydrogen (secondary N) is 1. The first-order valence-corrected chi connectivity index (χ1v) is 8.09. The Bertz CT molecular complexity index is 740. The van der Waals surface area contributed by atoms with E-state index in [4.69, 9.17) is 11.6 Å². The summed E-state index contributed by atoms with van der Waals surface area (Å²) >= 11 is 12.3. The lowest BCUT2D eigenvalue weighted by Crippen LogP contribution is -2.10. The van der Waals surface area contributed by atoms with Crippen molar-refractivity contribution < 1.29 is 4.79 Å². The second-order valence-electron chi connectivity index (χ2n) is 3.71. The third kappa shape index (κ3) is 2.67. The third-order valence-electron chi connectivity index (χ3n) is 2.42. The predicted molar refractivity (Wildman–Crippen MR) is 84.6 cm³/mol. The van der Waals surface area contributed by atoms with E-state index in [1.54, 1.807) is 23.6 Å². The number of halogens is 2. The minimum Gasteiger partial charge on any atom is -0.319 e. The number of pyridine rings is 1. The first-order valence-electron chi connectivity index (χ1n) is 5.23. The number of thiophene rings is 2. The SMILES string of the molecule is O=C(Nc1cc(Br)cnc1Cl)c1cc2sccc2s1. The number of rotatable bonds is 2. The lowest BCUT2D eigenvalue weighted by molar-refractivity contribution is 0.103. The molecule has 3 aromatic heterocycles. The van der Waals surface area contributed by atoms with Crippen LogP contribution >= 0.6 is 50.2 Å². The van der Waals surface area contributed by atoms with E-state index in [-0.39, 0.29) is 11.1 Å². The quantitative estimate of drug-likeness (QED) is 0.640. The molecular weight excluding hydrogens is 368 g/mol. The molecule has 7 heteroatoms. The zero-order chi connectivity index (χ0) is 13.4. The fraction of sp³-hybridized carbons (Fsp3) is 0. The van der Waals surface area contributed by atoms with Crippen LogP contribution in [0.3, 0.4) is 0 Å². The number of carbonyl (C=O) groups is 1. The van der Waals surface area contributed by atoms with Gasteiger partial charge in [-0.15, -0.1) is 22.7 Å². The molecule has 0 unspecified atom stereocenters. The molecule has 0 aliphatic carbocycles. The van der Waals surface area contributed by atoms with Crippen LogP contribution in [0.2, 0.25) is 5.15 Å². The molecule has 0 radical (unpaired) electrons. The molecule has 1 amide bonds. The van der Waals surface area contributed by atoms with E-state index in [9.17, 15) is 4.79 Å². The second kappa shape index (κ2) is 5.20. The summed E-state index contributed by atoms with van der Waals surface area (Å²) < 4.78 is 3.00. The standard InChI is InChI=1S/C12H6BrClN2OS2/c13-6-3-7(11(14)15-5-6)16-12(17)10-4-9-8(19-10)1-2-18-9/h1-5H,(H,16,17). The van der Waals surface area contributed by atoms with Crippen LogP contribution in [-0.2, 0) is 0 Å². The summed E-state index contributed by atoms with van der Waals surface area (Å²) in [5.41, 5.74) is 0.498. The van der Waals surface area contributed by atoms with Gasteiger partial charge in [-0.05, 0) is 39.5 Å². The van der Waals surface area contributed by atoms with E-state index >= 15 is 0 Å². The molecule has 3 aromatic rings. The van der Waals surface area contributed by atoms with Crippen molar-refractivity contribution in [3.05, 3.63) is 44.3 Å². The van der Waals surface area contributed by atoms with Crippen molar-refractivity contribution in [3.8, 4) is 0 Å². The normalized spacial score (nSPS) is 10.8. The van der Waals surface area contributed by atoms with Gasteiger partial charge in [0.2, 0.25) is 0 Å². The molecule has 0 spiro atoms. The van der Waals surface area contributed by atoms with E-state index in [0.29, 0.717) is 10.6 Å². The van der Waals surface area contributed by atoms with Crippen molar-refractivity contribution in [2.75, 3.05) is 5.32 Å². The van der Waals surface area contributed by atoms with Gasteiger partial charge in [-0.1, -0.05) is 11.6 Å². The van der Waals surface area contributed by atoms with Gasteiger partial charge in [-0.3, -0.25) is 4.79 Å². The summed E-state index contributed by atoms with van der Waals surface area (Å²) in [5, 5.41) is 5.05. The van der Waals surface area contributed by atoms with Crippen LogP contribution in [0.1, 0.15) is 9.67 Å². The van der Waals surface area contributed by atoms with Gasteiger partial charge in [0.1, 0.15) is 0 Å². The summed E-state index contributed by atoms with van der Waals surface area (Å²) in [5.74, 6) is -0.171.